The van der Waals surface area contributed by atoms with Gasteiger partial charge in [-0.25, -0.2) is 8.42 Å². The fourth-order valence-corrected chi connectivity index (χ4v) is 3.76. The Labute approximate surface area is 114 Å². The van der Waals surface area contributed by atoms with Crippen LogP contribution in [0, 0.1) is 6.92 Å². The van der Waals surface area contributed by atoms with Crippen molar-refractivity contribution in [2.75, 3.05) is 20.1 Å². The predicted octanol–water partition coefficient (Wildman–Crippen LogP) is 1.02. The number of hydrogen-bond acceptors (Lipinski definition) is 4. The summed E-state index contributed by atoms with van der Waals surface area (Å²) in [5.74, 6) is 0. The minimum Gasteiger partial charge on any atom is -0.314 e. The Bertz CT molecular complexity index is 522. The fourth-order valence-electron chi connectivity index (χ4n) is 1.93. The Morgan fingerprint density at radius 1 is 1.53 bits per heavy atom. The molecule has 0 bridgehead atoms. The van der Waals surface area contributed by atoms with E-state index in [4.69, 9.17) is 0 Å². The molecular weight excluding hydrogens is 264 g/mol. The van der Waals surface area contributed by atoms with Crippen LogP contribution in [0.4, 0.5) is 0 Å². The summed E-state index contributed by atoms with van der Waals surface area (Å²) in [5, 5.41) is 9.73. The second-order valence-corrected chi connectivity index (χ2v) is 6.18. The number of H-pyrrole nitrogens is 1. The summed E-state index contributed by atoms with van der Waals surface area (Å²) in [6, 6.07) is 0. The smallest absolute Gasteiger partial charge is 0.247 e. The molecule has 0 aliphatic rings. The van der Waals surface area contributed by atoms with Crippen LogP contribution in [0.1, 0.15) is 24.7 Å². The van der Waals surface area contributed by atoms with Crippen molar-refractivity contribution in [3.63, 3.8) is 0 Å². The van der Waals surface area contributed by atoms with Gasteiger partial charge in [-0.05, 0) is 20.4 Å². The Morgan fingerprint density at radius 3 is 2.74 bits per heavy atom. The van der Waals surface area contributed by atoms with Crippen molar-refractivity contribution >= 4 is 10.0 Å². The molecule has 108 valence electrons. The molecule has 2 N–H and O–H groups in total. The molecule has 0 spiro atoms. The van der Waals surface area contributed by atoms with Crippen LogP contribution in [0.25, 0.3) is 0 Å². The highest BCUT2D eigenvalue weighted by atomic mass is 32.2. The van der Waals surface area contributed by atoms with Crippen LogP contribution in [0.3, 0.4) is 0 Å². The molecule has 7 heteroatoms. The highest BCUT2D eigenvalue weighted by Gasteiger charge is 2.29. The standard InChI is InChI=1S/C12H22N4O2S/c1-5-7-16(8-6-2)19(17,18)12-10(3)14-15-11(12)9-13-4/h5,13H,1,6-9H2,2-4H3,(H,14,15). The molecule has 1 heterocycles. The van der Waals surface area contributed by atoms with Crippen LogP contribution in [0.15, 0.2) is 17.6 Å². The van der Waals surface area contributed by atoms with Gasteiger partial charge in [-0.3, -0.25) is 5.10 Å². The van der Waals surface area contributed by atoms with Gasteiger partial charge in [0.05, 0.1) is 11.4 Å². The zero-order valence-electron chi connectivity index (χ0n) is 11.7. The van der Waals surface area contributed by atoms with Crippen molar-refractivity contribution in [1.29, 1.82) is 0 Å². The van der Waals surface area contributed by atoms with Crippen LogP contribution in [-0.4, -0.2) is 43.1 Å². The number of sulfonamides is 1. The first kappa shape index (κ1) is 15.9. The SMILES string of the molecule is C=CCN(CCC)S(=O)(=O)c1c(CNC)n[nH]c1C. The molecule has 0 unspecified atom stereocenters. The summed E-state index contributed by atoms with van der Waals surface area (Å²) >= 11 is 0. The quantitative estimate of drug-likeness (QED) is 0.700. The van der Waals surface area contributed by atoms with Crippen molar-refractivity contribution in [2.45, 2.75) is 31.7 Å². The molecule has 0 aromatic carbocycles. The largest absolute Gasteiger partial charge is 0.314 e. The summed E-state index contributed by atoms with van der Waals surface area (Å²) in [5.41, 5.74) is 1.08. The van der Waals surface area contributed by atoms with Crippen molar-refractivity contribution < 1.29 is 8.42 Å². The maximum Gasteiger partial charge on any atom is 0.247 e. The molecule has 0 radical (unpaired) electrons. The fraction of sp³-hybridized carbons (Fsp3) is 0.583. The molecule has 0 atom stereocenters. The number of rotatable bonds is 8. The summed E-state index contributed by atoms with van der Waals surface area (Å²) in [7, 11) is -1.78. The van der Waals surface area contributed by atoms with E-state index >= 15 is 0 Å². The molecule has 0 aliphatic heterocycles. The molecule has 0 saturated carbocycles. The number of nitrogens with one attached hydrogen (secondary N) is 2. The Hall–Kier alpha value is -1.18. The Balaban J connectivity index is 3.23. The third-order valence-corrected chi connectivity index (χ3v) is 4.78. The van der Waals surface area contributed by atoms with Gasteiger partial charge in [0.25, 0.3) is 0 Å². The highest BCUT2D eigenvalue weighted by Crippen LogP contribution is 2.22. The maximum atomic E-state index is 12.7. The second kappa shape index (κ2) is 6.83. The molecular formula is C12H22N4O2S. The predicted molar refractivity (Wildman–Crippen MR) is 75.3 cm³/mol. The Kier molecular flexibility index (Phi) is 5.71. The van der Waals surface area contributed by atoms with Crippen LogP contribution in [0.5, 0.6) is 0 Å². The van der Waals surface area contributed by atoms with E-state index < -0.39 is 10.0 Å². The molecule has 0 fully saturated rings. The van der Waals surface area contributed by atoms with Gasteiger partial charge in [0.1, 0.15) is 4.90 Å². The normalized spacial score (nSPS) is 12.0. The van der Waals surface area contributed by atoms with Gasteiger partial charge in [-0.15, -0.1) is 6.58 Å². The van der Waals surface area contributed by atoms with E-state index in [2.05, 4.69) is 22.1 Å². The van der Waals surface area contributed by atoms with Crippen molar-refractivity contribution in [3.05, 3.63) is 24.0 Å². The summed E-state index contributed by atoms with van der Waals surface area (Å²) in [6.45, 7) is 8.47. The zero-order valence-corrected chi connectivity index (χ0v) is 12.5. The van der Waals surface area contributed by atoms with Crippen molar-refractivity contribution in [1.82, 2.24) is 19.8 Å². The first-order chi connectivity index (χ1) is 8.98. The van der Waals surface area contributed by atoms with Gasteiger partial charge in [-0.1, -0.05) is 13.0 Å². The van der Waals surface area contributed by atoms with Gasteiger partial charge >= 0.3 is 0 Å². The third-order valence-electron chi connectivity index (χ3n) is 2.71. The van der Waals surface area contributed by atoms with E-state index in [9.17, 15) is 8.42 Å². The number of hydrogen-bond donors (Lipinski definition) is 2. The van der Waals surface area contributed by atoms with Gasteiger partial charge in [0.15, 0.2) is 0 Å². The van der Waals surface area contributed by atoms with E-state index in [-0.39, 0.29) is 4.90 Å². The van der Waals surface area contributed by atoms with Crippen LogP contribution in [-0.2, 0) is 16.6 Å². The summed E-state index contributed by atoms with van der Waals surface area (Å²) in [4.78, 5) is 0.275. The molecule has 1 rings (SSSR count). The highest BCUT2D eigenvalue weighted by molar-refractivity contribution is 7.89. The van der Waals surface area contributed by atoms with E-state index in [1.807, 2.05) is 6.92 Å². The number of aromatic nitrogens is 2. The van der Waals surface area contributed by atoms with Gasteiger partial charge in [-0.2, -0.15) is 9.40 Å². The lowest BCUT2D eigenvalue weighted by Gasteiger charge is -2.20. The minimum absolute atomic E-state index is 0.275. The number of aryl methyl sites for hydroxylation is 1. The molecule has 1 aromatic rings. The topological polar surface area (TPSA) is 78.1 Å². The lowest BCUT2D eigenvalue weighted by molar-refractivity contribution is 0.440. The lowest BCUT2D eigenvalue weighted by Crippen LogP contribution is -2.33. The van der Waals surface area contributed by atoms with Gasteiger partial charge in [0, 0.05) is 19.6 Å². The average molecular weight is 286 g/mol. The number of nitrogens with zero attached hydrogens (tertiary/aromatic N) is 2. The van der Waals surface area contributed by atoms with Crippen molar-refractivity contribution in [2.24, 2.45) is 0 Å². The van der Waals surface area contributed by atoms with E-state index in [1.165, 1.54) is 4.31 Å². The van der Waals surface area contributed by atoms with Crippen LogP contribution < -0.4 is 5.32 Å². The lowest BCUT2D eigenvalue weighted by atomic mass is 10.4. The average Bonchev–Trinajstić information content (AvgIpc) is 2.71. The Morgan fingerprint density at radius 2 is 2.21 bits per heavy atom. The molecule has 0 aliphatic carbocycles. The van der Waals surface area contributed by atoms with Gasteiger partial charge < -0.3 is 5.32 Å². The van der Waals surface area contributed by atoms with Gasteiger partial charge in [0.2, 0.25) is 10.0 Å². The monoisotopic (exact) mass is 286 g/mol. The molecule has 6 nitrogen and oxygen atoms in total. The molecule has 19 heavy (non-hydrogen) atoms. The second-order valence-electron chi connectivity index (χ2n) is 4.31. The number of aromatic amines is 1. The van der Waals surface area contributed by atoms with Crippen LogP contribution >= 0.6 is 0 Å². The maximum absolute atomic E-state index is 12.7. The molecule has 1 aromatic heterocycles. The van der Waals surface area contributed by atoms with E-state index in [0.29, 0.717) is 31.0 Å². The molecule has 0 amide bonds. The summed E-state index contributed by atoms with van der Waals surface area (Å²) < 4.78 is 26.8. The summed E-state index contributed by atoms with van der Waals surface area (Å²) in [6.07, 6.45) is 2.35. The molecule has 0 saturated heterocycles. The van der Waals surface area contributed by atoms with Crippen LogP contribution in [0.2, 0.25) is 0 Å². The first-order valence-corrected chi connectivity index (χ1v) is 7.72. The zero-order chi connectivity index (χ0) is 14.5. The minimum atomic E-state index is -3.54. The van der Waals surface area contributed by atoms with Crippen molar-refractivity contribution in [3.8, 4) is 0 Å². The van der Waals surface area contributed by atoms with E-state index in [0.717, 1.165) is 6.42 Å². The third kappa shape index (κ3) is 3.43. The van der Waals surface area contributed by atoms with E-state index in [1.54, 1.807) is 20.0 Å². The first-order valence-electron chi connectivity index (χ1n) is 6.28.